The first kappa shape index (κ1) is 8.83. The second-order valence-electron chi connectivity index (χ2n) is 2.90. The molecule has 0 aliphatic carbocycles. The van der Waals surface area contributed by atoms with Gasteiger partial charge in [-0.15, -0.1) is 6.42 Å². The zero-order chi connectivity index (χ0) is 8.97. The quantitative estimate of drug-likeness (QED) is 0.651. The van der Waals surface area contributed by atoms with E-state index in [9.17, 15) is 0 Å². The number of terminal acetylenes is 1. The molecule has 62 valence electrons. The number of aliphatic hydroxyl groups excluding tert-OH is 1. The number of hydrogen-bond donors (Lipinski definition) is 1. The van der Waals surface area contributed by atoms with Gasteiger partial charge in [0.1, 0.15) is 0 Å². The Hall–Kier alpha value is -1.26. The van der Waals surface area contributed by atoms with E-state index in [0.717, 1.165) is 11.1 Å². The summed E-state index contributed by atoms with van der Waals surface area (Å²) in [7, 11) is 0. The van der Waals surface area contributed by atoms with Crippen LogP contribution in [0, 0.1) is 12.3 Å². The maximum Gasteiger partial charge on any atom is 0.0552 e. The molecule has 0 fully saturated rings. The van der Waals surface area contributed by atoms with Crippen molar-refractivity contribution >= 4 is 0 Å². The summed E-state index contributed by atoms with van der Waals surface area (Å²) < 4.78 is 0. The molecular weight excluding hydrogens is 148 g/mol. The van der Waals surface area contributed by atoms with E-state index < -0.39 is 0 Å². The van der Waals surface area contributed by atoms with Gasteiger partial charge in [-0.2, -0.15) is 0 Å². The van der Waals surface area contributed by atoms with Gasteiger partial charge in [0.2, 0.25) is 0 Å². The minimum atomic E-state index is -0.307. The van der Waals surface area contributed by atoms with Gasteiger partial charge in [-0.3, -0.25) is 0 Å². The van der Waals surface area contributed by atoms with Crippen LogP contribution in [0.15, 0.2) is 24.3 Å². The third-order valence-electron chi connectivity index (χ3n) is 1.62. The highest BCUT2D eigenvalue weighted by Gasteiger charge is 1.98. The summed E-state index contributed by atoms with van der Waals surface area (Å²) in [6.45, 7) is 1.77. The van der Waals surface area contributed by atoms with Crippen LogP contribution in [0.4, 0.5) is 0 Å². The van der Waals surface area contributed by atoms with Crippen molar-refractivity contribution in [3.63, 3.8) is 0 Å². The Labute approximate surface area is 73.0 Å². The molecule has 1 heteroatoms. The number of hydrogen-bond acceptors (Lipinski definition) is 1. The zero-order valence-electron chi connectivity index (χ0n) is 7.12. The highest BCUT2D eigenvalue weighted by atomic mass is 16.3. The monoisotopic (exact) mass is 160 g/mol. The lowest BCUT2D eigenvalue weighted by Gasteiger charge is -2.03. The molecule has 0 saturated heterocycles. The summed E-state index contributed by atoms with van der Waals surface area (Å²) in [6, 6.07) is 7.68. The minimum Gasteiger partial charge on any atom is -0.393 e. The number of benzene rings is 1. The molecule has 1 rings (SSSR count). The van der Waals surface area contributed by atoms with Crippen molar-refractivity contribution in [2.75, 3.05) is 0 Å². The van der Waals surface area contributed by atoms with Crippen molar-refractivity contribution in [1.82, 2.24) is 0 Å². The molecule has 0 aliphatic rings. The molecule has 1 N–H and O–H groups in total. The average molecular weight is 160 g/mol. The lowest BCUT2D eigenvalue weighted by atomic mass is 10.1. The molecule has 0 saturated carbocycles. The van der Waals surface area contributed by atoms with Gasteiger partial charge in [0.25, 0.3) is 0 Å². The van der Waals surface area contributed by atoms with Crippen LogP contribution in [0.5, 0.6) is 0 Å². The lowest BCUT2D eigenvalue weighted by Crippen LogP contribution is -2.03. The van der Waals surface area contributed by atoms with Gasteiger partial charge in [0, 0.05) is 5.56 Å². The maximum atomic E-state index is 9.12. The molecule has 12 heavy (non-hydrogen) atoms. The van der Waals surface area contributed by atoms with E-state index in [2.05, 4.69) is 5.92 Å². The average Bonchev–Trinajstić information content (AvgIpc) is 2.03. The van der Waals surface area contributed by atoms with Gasteiger partial charge in [0.05, 0.1) is 6.10 Å². The van der Waals surface area contributed by atoms with Crippen LogP contribution in [0.3, 0.4) is 0 Å². The van der Waals surface area contributed by atoms with Gasteiger partial charge in [0.15, 0.2) is 0 Å². The van der Waals surface area contributed by atoms with Crippen molar-refractivity contribution < 1.29 is 5.11 Å². The third kappa shape index (κ3) is 2.41. The first-order valence-corrected chi connectivity index (χ1v) is 3.96. The van der Waals surface area contributed by atoms with Gasteiger partial charge in [-0.1, -0.05) is 18.1 Å². The van der Waals surface area contributed by atoms with Crippen molar-refractivity contribution in [2.24, 2.45) is 0 Å². The molecule has 0 unspecified atom stereocenters. The Morgan fingerprint density at radius 1 is 1.58 bits per heavy atom. The molecule has 0 amide bonds. The summed E-state index contributed by atoms with van der Waals surface area (Å²) in [5.41, 5.74) is 1.95. The van der Waals surface area contributed by atoms with Gasteiger partial charge >= 0.3 is 0 Å². The van der Waals surface area contributed by atoms with Gasteiger partial charge < -0.3 is 5.11 Å². The van der Waals surface area contributed by atoms with Crippen molar-refractivity contribution in [3.05, 3.63) is 35.4 Å². The summed E-state index contributed by atoms with van der Waals surface area (Å²) in [5, 5.41) is 9.12. The molecule has 1 aromatic rings. The van der Waals surface area contributed by atoms with Crippen LogP contribution in [-0.4, -0.2) is 11.2 Å². The van der Waals surface area contributed by atoms with Gasteiger partial charge in [-0.25, -0.2) is 0 Å². The predicted octanol–water partition coefficient (Wildman–Crippen LogP) is 1.59. The zero-order valence-corrected chi connectivity index (χ0v) is 7.12. The van der Waals surface area contributed by atoms with Crippen LogP contribution < -0.4 is 0 Å². The molecule has 0 spiro atoms. The molecule has 0 aliphatic heterocycles. The molecule has 0 bridgehead atoms. The summed E-state index contributed by atoms with van der Waals surface area (Å²) in [4.78, 5) is 0. The Kier molecular flexibility index (Phi) is 2.90. The van der Waals surface area contributed by atoms with Crippen molar-refractivity contribution in [2.45, 2.75) is 19.4 Å². The van der Waals surface area contributed by atoms with E-state index in [-0.39, 0.29) is 6.10 Å². The molecule has 1 aromatic carbocycles. The first-order valence-electron chi connectivity index (χ1n) is 3.96. The topological polar surface area (TPSA) is 20.2 Å². The Morgan fingerprint density at radius 3 is 2.92 bits per heavy atom. The second kappa shape index (κ2) is 3.94. The third-order valence-corrected chi connectivity index (χ3v) is 1.62. The maximum absolute atomic E-state index is 9.12. The SMILES string of the molecule is C#Cc1cccc(C[C@@H](C)O)c1. The van der Waals surface area contributed by atoms with Crippen LogP contribution in [-0.2, 0) is 6.42 Å². The van der Waals surface area contributed by atoms with Crippen LogP contribution in [0.1, 0.15) is 18.1 Å². The Bertz CT molecular complexity index is 294. The smallest absolute Gasteiger partial charge is 0.0552 e. The van der Waals surface area contributed by atoms with E-state index in [1.165, 1.54) is 0 Å². The standard InChI is InChI=1S/C11H12O/c1-3-10-5-4-6-11(8-10)7-9(2)12/h1,4-6,8-9,12H,7H2,2H3/t9-/m1/s1. The van der Waals surface area contributed by atoms with E-state index >= 15 is 0 Å². The van der Waals surface area contributed by atoms with E-state index in [1.54, 1.807) is 6.92 Å². The van der Waals surface area contributed by atoms with E-state index in [4.69, 9.17) is 11.5 Å². The van der Waals surface area contributed by atoms with Crippen molar-refractivity contribution in [1.29, 1.82) is 0 Å². The fourth-order valence-corrected chi connectivity index (χ4v) is 1.13. The molecule has 1 nitrogen and oxygen atoms in total. The fraction of sp³-hybridized carbons (Fsp3) is 0.273. The largest absolute Gasteiger partial charge is 0.393 e. The first-order chi connectivity index (χ1) is 5.72. The summed E-state index contributed by atoms with van der Waals surface area (Å²) in [5.74, 6) is 2.56. The Morgan fingerprint density at radius 2 is 2.33 bits per heavy atom. The number of rotatable bonds is 2. The Balaban J connectivity index is 2.81. The van der Waals surface area contributed by atoms with Gasteiger partial charge in [-0.05, 0) is 31.0 Å². The van der Waals surface area contributed by atoms with Crippen molar-refractivity contribution in [3.8, 4) is 12.3 Å². The van der Waals surface area contributed by atoms with E-state index in [1.807, 2.05) is 24.3 Å². The predicted molar refractivity (Wildman–Crippen MR) is 49.8 cm³/mol. The van der Waals surface area contributed by atoms with E-state index in [0.29, 0.717) is 6.42 Å². The summed E-state index contributed by atoms with van der Waals surface area (Å²) >= 11 is 0. The molecule has 0 aromatic heterocycles. The van der Waals surface area contributed by atoms with Crippen LogP contribution in [0.25, 0.3) is 0 Å². The summed E-state index contributed by atoms with van der Waals surface area (Å²) in [6.07, 6.45) is 5.59. The molecule has 0 heterocycles. The number of aliphatic hydroxyl groups is 1. The van der Waals surface area contributed by atoms with Crippen LogP contribution in [0.2, 0.25) is 0 Å². The molecule has 1 atom stereocenters. The fourth-order valence-electron chi connectivity index (χ4n) is 1.13. The normalized spacial score (nSPS) is 12.1. The minimum absolute atomic E-state index is 0.307. The highest BCUT2D eigenvalue weighted by molar-refractivity contribution is 5.35. The molecule has 0 radical (unpaired) electrons. The molecular formula is C11H12O. The lowest BCUT2D eigenvalue weighted by molar-refractivity contribution is 0.195. The highest BCUT2D eigenvalue weighted by Crippen LogP contribution is 2.06. The second-order valence-corrected chi connectivity index (χ2v) is 2.90. The van der Waals surface area contributed by atoms with Crippen LogP contribution >= 0.6 is 0 Å².